The standard InChI is InChI=1S/C58H35N3O2/c1-2-14-38(15-3-1)55-59-56(39-32-28-36(29-33-39)41-19-12-21-46-45-18-6-10-26-51(45)62-53(41)46)61-57(60-55)40-34-30-37(31-35-40)42-20-13-25-50-54(42)63-52-27-11-9-24-49(52)58(50)47-22-7-4-16-43(47)44-17-5-8-23-48(44)58/h1-35H. The van der Waals surface area contributed by atoms with Crippen LogP contribution in [0.25, 0.3) is 89.5 Å². The summed E-state index contributed by atoms with van der Waals surface area (Å²) >= 11 is 0. The number of ether oxygens (including phenoxy) is 1. The topological polar surface area (TPSA) is 61.0 Å². The molecule has 294 valence electrons. The highest BCUT2D eigenvalue weighted by Crippen LogP contribution is 2.63. The largest absolute Gasteiger partial charge is 0.456 e. The lowest BCUT2D eigenvalue weighted by molar-refractivity contribution is 0.438. The van der Waals surface area contributed by atoms with E-state index in [1.54, 1.807) is 0 Å². The monoisotopic (exact) mass is 805 g/mol. The van der Waals surface area contributed by atoms with Crippen LogP contribution >= 0.6 is 0 Å². The van der Waals surface area contributed by atoms with Crippen molar-refractivity contribution in [2.24, 2.45) is 0 Å². The summed E-state index contributed by atoms with van der Waals surface area (Å²) in [5.74, 6) is 3.54. The van der Waals surface area contributed by atoms with Crippen LogP contribution in [0.15, 0.2) is 217 Å². The van der Waals surface area contributed by atoms with Crippen LogP contribution in [0.4, 0.5) is 0 Å². The molecule has 0 saturated heterocycles. The summed E-state index contributed by atoms with van der Waals surface area (Å²) in [5, 5.41) is 2.22. The Labute approximate surface area is 363 Å². The highest BCUT2D eigenvalue weighted by molar-refractivity contribution is 6.09. The fourth-order valence-electron chi connectivity index (χ4n) is 10.0. The Kier molecular flexibility index (Phi) is 7.75. The molecule has 0 fully saturated rings. The highest BCUT2D eigenvalue weighted by Gasteiger charge is 2.51. The molecule has 9 aromatic carbocycles. The quantitative estimate of drug-likeness (QED) is 0.173. The van der Waals surface area contributed by atoms with Crippen molar-refractivity contribution in [3.8, 4) is 79.0 Å². The molecule has 1 spiro atoms. The average molecular weight is 806 g/mol. The number of nitrogens with zero attached hydrogens (tertiary/aromatic N) is 3. The van der Waals surface area contributed by atoms with Crippen molar-refractivity contribution in [2.75, 3.05) is 0 Å². The number of furan rings is 1. The number of fused-ring (bicyclic) bond motifs is 12. The van der Waals surface area contributed by atoms with Gasteiger partial charge in [-0.1, -0.05) is 200 Å². The maximum Gasteiger partial charge on any atom is 0.164 e. The molecule has 0 atom stereocenters. The molecular formula is C58H35N3O2. The minimum atomic E-state index is -0.526. The molecule has 5 nitrogen and oxygen atoms in total. The van der Waals surface area contributed by atoms with Gasteiger partial charge < -0.3 is 9.15 Å². The van der Waals surface area contributed by atoms with Gasteiger partial charge in [-0.05, 0) is 45.5 Å². The van der Waals surface area contributed by atoms with Crippen LogP contribution in [-0.4, -0.2) is 15.0 Å². The Bertz CT molecular complexity index is 3550. The Morgan fingerprint density at radius 2 is 0.778 bits per heavy atom. The zero-order valence-electron chi connectivity index (χ0n) is 33.9. The Balaban J connectivity index is 0.903. The second kappa shape index (κ2) is 13.8. The van der Waals surface area contributed by atoms with E-state index in [1.165, 1.54) is 22.3 Å². The molecule has 1 aliphatic carbocycles. The summed E-state index contributed by atoms with van der Waals surface area (Å²) in [6.45, 7) is 0. The van der Waals surface area contributed by atoms with Gasteiger partial charge in [0.2, 0.25) is 0 Å². The molecule has 13 rings (SSSR count). The van der Waals surface area contributed by atoms with E-state index in [9.17, 15) is 0 Å². The molecule has 0 saturated carbocycles. The molecule has 2 aromatic heterocycles. The van der Waals surface area contributed by atoms with Crippen molar-refractivity contribution in [1.82, 2.24) is 15.0 Å². The van der Waals surface area contributed by atoms with Gasteiger partial charge in [0, 0.05) is 49.7 Å². The molecule has 0 radical (unpaired) electrons. The van der Waals surface area contributed by atoms with Gasteiger partial charge in [0.05, 0.1) is 5.41 Å². The maximum absolute atomic E-state index is 6.96. The van der Waals surface area contributed by atoms with Crippen LogP contribution in [-0.2, 0) is 5.41 Å². The first-order chi connectivity index (χ1) is 31.2. The molecular weight excluding hydrogens is 771 g/mol. The third kappa shape index (κ3) is 5.33. The summed E-state index contributed by atoms with van der Waals surface area (Å²) in [7, 11) is 0. The Hall–Kier alpha value is -8.41. The zero-order valence-corrected chi connectivity index (χ0v) is 33.9. The van der Waals surface area contributed by atoms with Gasteiger partial charge in [0.25, 0.3) is 0 Å². The molecule has 0 unspecified atom stereocenters. The lowest BCUT2D eigenvalue weighted by Crippen LogP contribution is -2.32. The molecule has 0 N–H and O–H groups in total. The van der Waals surface area contributed by atoms with E-state index in [1.807, 2.05) is 48.5 Å². The van der Waals surface area contributed by atoms with Crippen LogP contribution < -0.4 is 4.74 Å². The highest BCUT2D eigenvalue weighted by atomic mass is 16.5. The molecule has 0 amide bonds. The van der Waals surface area contributed by atoms with E-state index in [0.29, 0.717) is 17.5 Å². The first-order valence-corrected chi connectivity index (χ1v) is 21.3. The minimum Gasteiger partial charge on any atom is -0.456 e. The smallest absolute Gasteiger partial charge is 0.164 e. The van der Waals surface area contributed by atoms with E-state index in [-0.39, 0.29) is 0 Å². The fraction of sp³-hybridized carbons (Fsp3) is 0.0172. The Morgan fingerprint density at radius 3 is 1.46 bits per heavy atom. The van der Waals surface area contributed by atoms with Crippen molar-refractivity contribution < 1.29 is 9.15 Å². The first kappa shape index (κ1) is 35.4. The van der Waals surface area contributed by atoms with Gasteiger partial charge in [0.15, 0.2) is 17.5 Å². The first-order valence-electron chi connectivity index (χ1n) is 21.3. The van der Waals surface area contributed by atoms with E-state index >= 15 is 0 Å². The molecule has 3 heterocycles. The predicted molar refractivity (Wildman–Crippen MR) is 252 cm³/mol. The van der Waals surface area contributed by atoms with E-state index in [2.05, 4.69) is 164 Å². The number of rotatable bonds is 5. The van der Waals surface area contributed by atoms with Crippen molar-refractivity contribution in [2.45, 2.75) is 5.41 Å². The van der Waals surface area contributed by atoms with E-state index in [0.717, 1.165) is 83.5 Å². The molecule has 11 aromatic rings. The fourth-order valence-corrected chi connectivity index (χ4v) is 10.0. The van der Waals surface area contributed by atoms with Crippen molar-refractivity contribution >= 4 is 21.9 Å². The average Bonchev–Trinajstić information content (AvgIpc) is 3.88. The number of hydrogen-bond donors (Lipinski definition) is 0. The molecule has 5 heteroatoms. The molecule has 0 bridgehead atoms. The molecule has 63 heavy (non-hydrogen) atoms. The summed E-state index contributed by atoms with van der Waals surface area (Å²) < 4.78 is 13.3. The van der Waals surface area contributed by atoms with Crippen molar-refractivity contribution in [3.63, 3.8) is 0 Å². The molecule has 2 aliphatic rings. The third-order valence-electron chi connectivity index (χ3n) is 12.9. The van der Waals surface area contributed by atoms with Gasteiger partial charge in [-0.2, -0.15) is 0 Å². The summed E-state index contributed by atoms with van der Waals surface area (Å²) in [6.07, 6.45) is 0. The maximum atomic E-state index is 6.96. The van der Waals surface area contributed by atoms with Gasteiger partial charge >= 0.3 is 0 Å². The predicted octanol–water partition coefficient (Wildman–Crippen LogP) is 14.6. The van der Waals surface area contributed by atoms with Gasteiger partial charge in [-0.25, -0.2) is 15.0 Å². The van der Waals surface area contributed by atoms with Gasteiger partial charge in [0.1, 0.15) is 22.7 Å². The number of benzene rings is 9. The van der Waals surface area contributed by atoms with Crippen molar-refractivity contribution in [3.05, 3.63) is 235 Å². The summed E-state index contributed by atoms with van der Waals surface area (Å²) in [4.78, 5) is 15.2. The summed E-state index contributed by atoms with van der Waals surface area (Å²) in [6, 6.07) is 74.2. The van der Waals surface area contributed by atoms with Crippen molar-refractivity contribution in [1.29, 1.82) is 0 Å². The number of para-hydroxylation sites is 4. The van der Waals surface area contributed by atoms with E-state index in [4.69, 9.17) is 24.1 Å². The second-order valence-electron chi connectivity index (χ2n) is 16.2. The zero-order chi connectivity index (χ0) is 41.5. The third-order valence-corrected chi connectivity index (χ3v) is 12.9. The lowest BCUT2D eigenvalue weighted by atomic mass is 9.65. The van der Waals surface area contributed by atoms with Crippen LogP contribution in [0.5, 0.6) is 11.5 Å². The minimum absolute atomic E-state index is 0.526. The molecule has 1 aliphatic heterocycles. The van der Waals surface area contributed by atoms with Gasteiger partial charge in [-0.15, -0.1) is 0 Å². The van der Waals surface area contributed by atoms with Crippen LogP contribution in [0.1, 0.15) is 22.3 Å². The normalized spacial score (nSPS) is 13.0. The summed E-state index contributed by atoms with van der Waals surface area (Å²) in [5.41, 5.74) is 15.4. The van der Waals surface area contributed by atoms with Gasteiger partial charge in [-0.3, -0.25) is 0 Å². The second-order valence-corrected chi connectivity index (χ2v) is 16.2. The van der Waals surface area contributed by atoms with Crippen LogP contribution in [0, 0.1) is 0 Å². The number of hydrogen-bond acceptors (Lipinski definition) is 5. The lowest BCUT2D eigenvalue weighted by Gasteiger charge is -2.40. The van der Waals surface area contributed by atoms with Crippen LogP contribution in [0.3, 0.4) is 0 Å². The SMILES string of the molecule is c1ccc(-c2nc(-c3ccc(-c4cccc5c4Oc4ccccc4C54c5ccccc5-c5ccccc54)cc3)nc(-c3ccc(-c4cccc5c4oc4ccccc45)cc3)n2)cc1. The Morgan fingerprint density at radius 1 is 0.317 bits per heavy atom. The van der Waals surface area contributed by atoms with E-state index < -0.39 is 5.41 Å². The van der Waals surface area contributed by atoms with Crippen LogP contribution in [0.2, 0.25) is 0 Å². The number of aromatic nitrogens is 3.